The van der Waals surface area contributed by atoms with E-state index in [2.05, 4.69) is 46.7 Å². The SMILES string of the molecule is O=C(NN1CCN(c2ccccc2)CC1)C1c2ccccc2C(=O)N2CCc3ccccc3C12. The number of carbonyl (C=O) groups is 2. The average molecular weight is 453 g/mol. The number of hydrazine groups is 1. The lowest BCUT2D eigenvalue weighted by atomic mass is 9.76. The van der Waals surface area contributed by atoms with Gasteiger partial charge in [0, 0.05) is 44.0 Å². The molecular weight excluding hydrogens is 424 g/mol. The summed E-state index contributed by atoms with van der Waals surface area (Å²) in [5.41, 5.74) is 8.21. The highest BCUT2D eigenvalue weighted by molar-refractivity contribution is 6.01. The molecule has 3 aromatic carbocycles. The molecule has 0 bridgehead atoms. The fourth-order valence-electron chi connectivity index (χ4n) is 5.70. The number of rotatable bonds is 3. The predicted molar refractivity (Wildman–Crippen MR) is 131 cm³/mol. The second kappa shape index (κ2) is 8.61. The zero-order valence-electron chi connectivity index (χ0n) is 19.1. The second-order valence-electron chi connectivity index (χ2n) is 9.24. The molecule has 3 heterocycles. The van der Waals surface area contributed by atoms with E-state index in [0.717, 1.165) is 43.7 Å². The molecule has 6 rings (SSSR count). The Morgan fingerprint density at radius 3 is 2.24 bits per heavy atom. The molecule has 6 nitrogen and oxygen atoms in total. The molecule has 2 unspecified atom stereocenters. The van der Waals surface area contributed by atoms with E-state index in [4.69, 9.17) is 0 Å². The van der Waals surface area contributed by atoms with Gasteiger partial charge in [0.1, 0.15) is 0 Å². The van der Waals surface area contributed by atoms with Crippen molar-refractivity contribution >= 4 is 17.5 Å². The summed E-state index contributed by atoms with van der Waals surface area (Å²) in [6.07, 6.45) is 0.816. The molecule has 0 aliphatic carbocycles. The Morgan fingerprint density at radius 2 is 1.44 bits per heavy atom. The molecule has 0 aromatic heterocycles. The highest BCUT2D eigenvalue weighted by Gasteiger charge is 2.46. The highest BCUT2D eigenvalue weighted by Crippen LogP contribution is 2.45. The number of nitrogens with one attached hydrogen (secondary N) is 1. The van der Waals surface area contributed by atoms with Crippen molar-refractivity contribution in [2.75, 3.05) is 37.6 Å². The molecule has 172 valence electrons. The number of benzene rings is 3. The summed E-state index contributed by atoms with van der Waals surface area (Å²) in [6.45, 7) is 3.83. The lowest BCUT2D eigenvalue weighted by molar-refractivity contribution is -0.129. The molecule has 0 spiro atoms. The van der Waals surface area contributed by atoms with Crippen LogP contribution in [0, 0.1) is 0 Å². The van der Waals surface area contributed by atoms with E-state index >= 15 is 0 Å². The van der Waals surface area contributed by atoms with E-state index < -0.39 is 5.92 Å². The molecular formula is C28H28N4O2. The third-order valence-electron chi connectivity index (χ3n) is 7.39. The van der Waals surface area contributed by atoms with Crippen LogP contribution in [0.15, 0.2) is 78.9 Å². The van der Waals surface area contributed by atoms with Crippen molar-refractivity contribution < 1.29 is 9.59 Å². The molecule has 1 fully saturated rings. The van der Waals surface area contributed by atoms with Crippen LogP contribution < -0.4 is 10.3 Å². The Hall–Kier alpha value is -3.64. The lowest BCUT2D eigenvalue weighted by Gasteiger charge is -2.45. The molecule has 3 aliphatic heterocycles. The smallest absolute Gasteiger partial charge is 0.254 e. The van der Waals surface area contributed by atoms with Gasteiger partial charge >= 0.3 is 0 Å². The maximum atomic E-state index is 13.8. The van der Waals surface area contributed by atoms with Gasteiger partial charge in [-0.1, -0.05) is 60.7 Å². The molecule has 34 heavy (non-hydrogen) atoms. The van der Waals surface area contributed by atoms with Gasteiger partial charge in [0.05, 0.1) is 12.0 Å². The zero-order valence-corrected chi connectivity index (χ0v) is 19.1. The first-order valence-corrected chi connectivity index (χ1v) is 12.0. The maximum Gasteiger partial charge on any atom is 0.254 e. The third kappa shape index (κ3) is 3.55. The van der Waals surface area contributed by atoms with Crippen LogP contribution in [0.4, 0.5) is 5.69 Å². The van der Waals surface area contributed by atoms with E-state index in [9.17, 15) is 9.59 Å². The van der Waals surface area contributed by atoms with Crippen molar-refractivity contribution in [1.82, 2.24) is 15.3 Å². The number of hydrogen-bond acceptors (Lipinski definition) is 4. The van der Waals surface area contributed by atoms with Crippen molar-refractivity contribution in [2.45, 2.75) is 18.4 Å². The standard InChI is InChI=1S/C28H28N4O2/c33-27(29-31-18-16-30(17-19-31)21-9-2-1-3-10-21)25-23-12-6-7-13-24(23)28(34)32-15-14-20-8-4-5-11-22(20)26(25)32/h1-13,25-26H,14-19H2,(H,29,33). The minimum Gasteiger partial charge on any atom is -0.369 e. The fourth-order valence-corrected chi connectivity index (χ4v) is 5.70. The first kappa shape index (κ1) is 20.9. The third-order valence-corrected chi connectivity index (χ3v) is 7.39. The predicted octanol–water partition coefficient (Wildman–Crippen LogP) is 3.38. The lowest BCUT2D eigenvalue weighted by Crippen LogP contribution is -2.56. The van der Waals surface area contributed by atoms with Gasteiger partial charge in [-0.3, -0.25) is 15.0 Å². The zero-order chi connectivity index (χ0) is 23.1. The normalized spacial score (nSPS) is 21.9. The number of nitrogens with zero attached hydrogens (tertiary/aromatic N) is 3. The minimum atomic E-state index is -0.442. The van der Waals surface area contributed by atoms with Crippen molar-refractivity contribution in [2.24, 2.45) is 0 Å². The van der Waals surface area contributed by atoms with E-state index in [1.807, 2.05) is 52.4 Å². The Balaban J connectivity index is 1.27. The number of hydrogen-bond donors (Lipinski definition) is 1. The van der Waals surface area contributed by atoms with E-state index in [0.29, 0.717) is 12.1 Å². The van der Waals surface area contributed by atoms with Gasteiger partial charge in [-0.05, 0) is 41.3 Å². The summed E-state index contributed by atoms with van der Waals surface area (Å²) in [5, 5.41) is 2.03. The summed E-state index contributed by atoms with van der Waals surface area (Å²) < 4.78 is 0. The Labute approximate surface area is 199 Å². The van der Waals surface area contributed by atoms with Crippen molar-refractivity contribution in [1.29, 1.82) is 0 Å². The van der Waals surface area contributed by atoms with Crippen molar-refractivity contribution in [3.63, 3.8) is 0 Å². The minimum absolute atomic E-state index is 0.0237. The number of para-hydroxylation sites is 1. The first-order chi connectivity index (χ1) is 16.7. The molecule has 1 N–H and O–H groups in total. The first-order valence-electron chi connectivity index (χ1n) is 12.0. The van der Waals surface area contributed by atoms with Gasteiger partial charge in [0.15, 0.2) is 0 Å². The van der Waals surface area contributed by atoms with Crippen LogP contribution in [0.25, 0.3) is 0 Å². The van der Waals surface area contributed by atoms with Crippen LogP contribution in [0.2, 0.25) is 0 Å². The van der Waals surface area contributed by atoms with Crippen LogP contribution in [0.5, 0.6) is 0 Å². The quantitative estimate of drug-likeness (QED) is 0.662. The van der Waals surface area contributed by atoms with Gasteiger partial charge in [-0.2, -0.15) is 0 Å². The number of piperazine rings is 1. The highest BCUT2D eigenvalue weighted by atomic mass is 16.2. The molecule has 2 amide bonds. The number of anilines is 1. The molecule has 3 aromatic rings. The van der Waals surface area contributed by atoms with Crippen molar-refractivity contribution in [3.8, 4) is 0 Å². The van der Waals surface area contributed by atoms with Crippen LogP contribution in [-0.4, -0.2) is 54.4 Å². The summed E-state index contributed by atoms with van der Waals surface area (Å²) in [5.74, 6) is -0.460. The van der Waals surface area contributed by atoms with Crippen molar-refractivity contribution in [3.05, 3.63) is 101 Å². The number of carbonyl (C=O) groups excluding carboxylic acids is 2. The van der Waals surface area contributed by atoms with Crippen LogP contribution >= 0.6 is 0 Å². The van der Waals surface area contributed by atoms with Gasteiger partial charge in [-0.25, -0.2) is 5.01 Å². The largest absolute Gasteiger partial charge is 0.369 e. The topological polar surface area (TPSA) is 55.9 Å². The van der Waals surface area contributed by atoms with Gasteiger partial charge in [-0.15, -0.1) is 0 Å². The monoisotopic (exact) mass is 452 g/mol. The molecule has 2 atom stereocenters. The summed E-state index contributed by atoms with van der Waals surface area (Å²) >= 11 is 0. The van der Waals surface area contributed by atoms with Gasteiger partial charge in [0.25, 0.3) is 5.91 Å². The molecule has 1 saturated heterocycles. The fraction of sp³-hybridized carbons (Fsp3) is 0.286. The summed E-state index contributed by atoms with van der Waals surface area (Å²) in [6, 6.07) is 25.9. The van der Waals surface area contributed by atoms with Crippen LogP contribution in [0.3, 0.4) is 0 Å². The number of fused-ring (bicyclic) bond motifs is 4. The average Bonchev–Trinajstić information content (AvgIpc) is 2.90. The Kier molecular flexibility index (Phi) is 5.30. The van der Waals surface area contributed by atoms with Crippen LogP contribution in [-0.2, 0) is 11.2 Å². The van der Waals surface area contributed by atoms with E-state index in [1.165, 1.54) is 11.3 Å². The number of amides is 2. The van der Waals surface area contributed by atoms with Gasteiger partial charge in [0.2, 0.25) is 5.91 Å². The van der Waals surface area contributed by atoms with E-state index in [-0.39, 0.29) is 17.9 Å². The molecule has 0 saturated carbocycles. The van der Waals surface area contributed by atoms with Gasteiger partial charge < -0.3 is 9.80 Å². The molecule has 0 radical (unpaired) electrons. The Bertz CT molecular complexity index is 1220. The molecule has 6 heteroatoms. The van der Waals surface area contributed by atoms with Crippen LogP contribution in [0.1, 0.15) is 39.0 Å². The Morgan fingerprint density at radius 1 is 0.765 bits per heavy atom. The molecule has 3 aliphatic rings. The maximum absolute atomic E-state index is 13.8. The summed E-state index contributed by atoms with van der Waals surface area (Å²) in [7, 11) is 0. The second-order valence-corrected chi connectivity index (χ2v) is 9.24. The van der Waals surface area contributed by atoms with E-state index in [1.54, 1.807) is 0 Å². The summed E-state index contributed by atoms with van der Waals surface area (Å²) in [4.78, 5) is 31.5.